The fourth-order valence-corrected chi connectivity index (χ4v) is 2.66. The Morgan fingerprint density at radius 1 is 1.27 bits per heavy atom. The van der Waals surface area contributed by atoms with E-state index < -0.39 is 23.2 Å². The second-order valence-electron chi connectivity index (χ2n) is 6.90. The van der Waals surface area contributed by atoms with Gasteiger partial charge in [-0.1, -0.05) is 0 Å². The number of hydrogen-bond acceptors (Lipinski definition) is 6. The molecule has 0 atom stereocenters. The van der Waals surface area contributed by atoms with Crippen molar-refractivity contribution in [3.63, 3.8) is 0 Å². The van der Waals surface area contributed by atoms with Crippen LogP contribution >= 0.6 is 0 Å². The summed E-state index contributed by atoms with van der Waals surface area (Å²) in [6.07, 6.45) is -0.443. The van der Waals surface area contributed by atoms with Crippen molar-refractivity contribution in [3.8, 4) is 0 Å². The fourth-order valence-electron chi connectivity index (χ4n) is 2.66. The summed E-state index contributed by atoms with van der Waals surface area (Å²) in [5, 5.41) is 11.1. The van der Waals surface area contributed by atoms with Crippen LogP contribution < -0.4 is 5.43 Å². The van der Waals surface area contributed by atoms with Crippen LogP contribution in [0, 0.1) is 0 Å². The maximum Gasteiger partial charge on any atom is 0.410 e. The normalized spacial score (nSPS) is 22.0. The first-order valence-corrected chi connectivity index (χ1v) is 7.49. The Balaban J connectivity index is 1.92. The van der Waals surface area contributed by atoms with Crippen LogP contribution in [0.15, 0.2) is 0 Å². The minimum absolute atomic E-state index is 0.0380. The summed E-state index contributed by atoms with van der Waals surface area (Å²) >= 11 is 0. The number of aliphatic carboxylic acids is 1. The SMILES string of the molecule is CC(C)(C)OC(=O)N1CC(CC(=O)O)(NN2CCOCC2)C1. The highest BCUT2D eigenvalue weighted by molar-refractivity contribution is 5.73. The van der Waals surface area contributed by atoms with E-state index in [4.69, 9.17) is 14.6 Å². The summed E-state index contributed by atoms with van der Waals surface area (Å²) in [7, 11) is 0. The average Bonchev–Trinajstić information content (AvgIpc) is 2.33. The topological polar surface area (TPSA) is 91.3 Å². The van der Waals surface area contributed by atoms with Crippen molar-refractivity contribution in [2.45, 2.75) is 38.3 Å². The van der Waals surface area contributed by atoms with E-state index in [1.54, 1.807) is 20.8 Å². The van der Waals surface area contributed by atoms with Crippen molar-refractivity contribution in [3.05, 3.63) is 0 Å². The second kappa shape index (κ2) is 6.39. The minimum Gasteiger partial charge on any atom is -0.481 e. The molecular weight excluding hydrogens is 290 g/mol. The number of nitrogens with zero attached hydrogens (tertiary/aromatic N) is 2. The van der Waals surface area contributed by atoms with Crippen LogP contribution in [-0.2, 0) is 14.3 Å². The number of carboxylic acid groups (broad SMARTS) is 1. The van der Waals surface area contributed by atoms with Crippen molar-refractivity contribution < 1.29 is 24.2 Å². The van der Waals surface area contributed by atoms with Gasteiger partial charge in [0, 0.05) is 26.2 Å². The first kappa shape index (κ1) is 17.0. The standard InChI is InChI=1S/C14H25N3O5/c1-13(2,3)22-12(20)16-9-14(10-16,8-11(18)19)15-17-4-6-21-7-5-17/h15H,4-10H2,1-3H3,(H,18,19). The Kier molecular flexibility index (Phi) is 4.93. The van der Waals surface area contributed by atoms with E-state index in [-0.39, 0.29) is 6.42 Å². The first-order chi connectivity index (χ1) is 10.2. The molecular formula is C14H25N3O5. The lowest BCUT2D eigenvalue weighted by atomic mass is 9.87. The molecule has 0 aliphatic carbocycles. The van der Waals surface area contributed by atoms with Gasteiger partial charge in [0.25, 0.3) is 0 Å². The molecule has 8 nitrogen and oxygen atoms in total. The highest BCUT2D eigenvalue weighted by Crippen LogP contribution is 2.27. The number of nitrogens with one attached hydrogen (secondary N) is 1. The molecule has 0 aromatic rings. The molecule has 0 aromatic heterocycles. The molecule has 2 fully saturated rings. The van der Waals surface area contributed by atoms with Gasteiger partial charge in [0.05, 0.1) is 25.2 Å². The molecule has 0 radical (unpaired) electrons. The number of carbonyl (C=O) groups is 2. The molecule has 0 saturated carbocycles. The van der Waals surface area contributed by atoms with Crippen LogP contribution in [-0.4, -0.2) is 77.6 Å². The zero-order valence-corrected chi connectivity index (χ0v) is 13.4. The summed E-state index contributed by atoms with van der Waals surface area (Å²) < 4.78 is 10.6. The highest BCUT2D eigenvalue weighted by atomic mass is 16.6. The largest absolute Gasteiger partial charge is 0.481 e. The Morgan fingerprint density at radius 2 is 1.86 bits per heavy atom. The third kappa shape index (κ3) is 4.56. The molecule has 0 bridgehead atoms. The molecule has 2 N–H and O–H groups in total. The molecule has 126 valence electrons. The summed E-state index contributed by atoms with van der Waals surface area (Å²) in [5.74, 6) is -0.885. The van der Waals surface area contributed by atoms with Gasteiger partial charge in [-0.3, -0.25) is 4.79 Å². The van der Waals surface area contributed by atoms with Gasteiger partial charge < -0.3 is 19.5 Å². The minimum atomic E-state index is -0.885. The zero-order valence-electron chi connectivity index (χ0n) is 13.4. The third-order valence-electron chi connectivity index (χ3n) is 3.53. The molecule has 22 heavy (non-hydrogen) atoms. The predicted octanol–water partition coefficient (Wildman–Crippen LogP) is 0.287. The van der Waals surface area contributed by atoms with Crippen LogP contribution in [0.3, 0.4) is 0 Å². The summed E-state index contributed by atoms with van der Waals surface area (Å²) in [6, 6.07) is 0. The lowest BCUT2D eigenvalue weighted by Crippen LogP contribution is -2.74. The Hall–Kier alpha value is -1.38. The molecule has 2 aliphatic heterocycles. The maximum absolute atomic E-state index is 12.0. The number of ether oxygens (including phenoxy) is 2. The van der Waals surface area contributed by atoms with Gasteiger partial charge in [0.1, 0.15) is 5.60 Å². The average molecular weight is 315 g/mol. The number of hydrogen-bond donors (Lipinski definition) is 2. The van der Waals surface area contributed by atoms with Gasteiger partial charge in [-0.15, -0.1) is 0 Å². The molecule has 0 spiro atoms. The summed E-state index contributed by atoms with van der Waals surface area (Å²) in [5.41, 5.74) is 2.09. The molecule has 2 rings (SSSR count). The number of rotatable bonds is 4. The molecule has 0 aromatic carbocycles. The van der Waals surface area contributed by atoms with E-state index in [2.05, 4.69) is 5.43 Å². The number of likely N-dealkylation sites (tertiary alicyclic amines) is 1. The summed E-state index contributed by atoms with van der Waals surface area (Å²) in [4.78, 5) is 24.7. The fraction of sp³-hybridized carbons (Fsp3) is 0.857. The highest BCUT2D eigenvalue weighted by Gasteiger charge is 2.49. The van der Waals surface area contributed by atoms with Crippen molar-refractivity contribution in [1.29, 1.82) is 0 Å². The molecule has 2 heterocycles. The number of carboxylic acids is 1. The number of amides is 1. The Bertz CT molecular complexity index is 423. The monoisotopic (exact) mass is 315 g/mol. The van der Waals surface area contributed by atoms with Crippen LogP contribution in [0.4, 0.5) is 4.79 Å². The smallest absolute Gasteiger partial charge is 0.410 e. The van der Waals surface area contributed by atoms with Gasteiger partial charge >= 0.3 is 12.1 Å². The zero-order chi connectivity index (χ0) is 16.4. The molecule has 2 saturated heterocycles. The van der Waals surface area contributed by atoms with Crippen molar-refractivity contribution in [1.82, 2.24) is 15.3 Å². The second-order valence-corrected chi connectivity index (χ2v) is 6.90. The van der Waals surface area contributed by atoms with Crippen LogP contribution in [0.5, 0.6) is 0 Å². The Morgan fingerprint density at radius 3 is 2.36 bits per heavy atom. The number of hydrazine groups is 1. The van der Waals surface area contributed by atoms with Crippen LogP contribution in [0.25, 0.3) is 0 Å². The van der Waals surface area contributed by atoms with Crippen LogP contribution in [0.1, 0.15) is 27.2 Å². The number of morpholine rings is 1. The van der Waals surface area contributed by atoms with Gasteiger partial charge in [-0.25, -0.2) is 15.2 Å². The lowest BCUT2D eigenvalue weighted by molar-refractivity contribution is -0.143. The van der Waals surface area contributed by atoms with Crippen molar-refractivity contribution >= 4 is 12.1 Å². The van der Waals surface area contributed by atoms with E-state index in [1.165, 1.54) is 4.90 Å². The lowest BCUT2D eigenvalue weighted by Gasteiger charge is -2.51. The van der Waals surface area contributed by atoms with Crippen molar-refractivity contribution in [2.75, 3.05) is 39.4 Å². The van der Waals surface area contributed by atoms with E-state index in [1.807, 2.05) is 5.01 Å². The quantitative estimate of drug-likeness (QED) is 0.770. The van der Waals surface area contributed by atoms with Gasteiger partial charge in [-0.05, 0) is 20.8 Å². The Labute approximate surface area is 130 Å². The van der Waals surface area contributed by atoms with E-state index >= 15 is 0 Å². The third-order valence-corrected chi connectivity index (χ3v) is 3.53. The molecule has 2 aliphatic rings. The van der Waals surface area contributed by atoms with Gasteiger partial charge in [0.15, 0.2) is 0 Å². The maximum atomic E-state index is 12.0. The van der Waals surface area contributed by atoms with E-state index in [9.17, 15) is 9.59 Å². The predicted molar refractivity (Wildman–Crippen MR) is 78.3 cm³/mol. The first-order valence-electron chi connectivity index (χ1n) is 7.49. The molecule has 8 heteroatoms. The van der Waals surface area contributed by atoms with Crippen LogP contribution in [0.2, 0.25) is 0 Å². The van der Waals surface area contributed by atoms with E-state index in [0.717, 1.165) is 0 Å². The van der Waals surface area contributed by atoms with Gasteiger partial charge in [0.2, 0.25) is 0 Å². The van der Waals surface area contributed by atoms with Gasteiger partial charge in [-0.2, -0.15) is 0 Å². The molecule has 1 amide bonds. The summed E-state index contributed by atoms with van der Waals surface area (Å²) in [6.45, 7) is 8.71. The number of carbonyl (C=O) groups excluding carboxylic acids is 1. The van der Waals surface area contributed by atoms with Crippen molar-refractivity contribution in [2.24, 2.45) is 0 Å². The molecule has 0 unspecified atom stereocenters. The van der Waals surface area contributed by atoms with E-state index in [0.29, 0.717) is 39.4 Å².